The van der Waals surface area contributed by atoms with Crippen molar-refractivity contribution in [2.24, 2.45) is 5.92 Å². The third kappa shape index (κ3) is 2.31. The van der Waals surface area contributed by atoms with E-state index in [2.05, 4.69) is 23.7 Å². The summed E-state index contributed by atoms with van der Waals surface area (Å²) in [6.07, 6.45) is 2.50. The molecular formula is C11H16Cl2N2S. The first kappa shape index (κ1) is 12.5. The van der Waals surface area contributed by atoms with Gasteiger partial charge >= 0.3 is 0 Å². The fourth-order valence-corrected chi connectivity index (χ4v) is 3.81. The summed E-state index contributed by atoms with van der Waals surface area (Å²) in [5.74, 6) is 1.11. The molecule has 2 rings (SSSR count). The van der Waals surface area contributed by atoms with E-state index in [9.17, 15) is 0 Å². The van der Waals surface area contributed by atoms with E-state index in [1.165, 1.54) is 12.8 Å². The lowest BCUT2D eigenvalue weighted by Crippen LogP contribution is -2.33. The summed E-state index contributed by atoms with van der Waals surface area (Å²) >= 11 is 13.5. The van der Waals surface area contributed by atoms with Gasteiger partial charge in [-0.15, -0.1) is 11.6 Å². The SMILES string of the molecule is CC(C)C1CCCN1c1nc(Cl)c(CCl)s1. The molecule has 0 spiro atoms. The Kier molecular flexibility index (Phi) is 3.98. The Morgan fingerprint density at radius 2 is 2.31 bits per heavy atom. The molecule has 1 unspecified atom stereocenters. The molecule has 0 radical (unpaired) electrons. The lowest BCUT2D eigenvalue weighted by molar-refractivity contribution is 0.491. The van der Waals surface area contributed by atoms with Crippen LogP contribution in [-0.4, -0.2) is 17.6 Å². The maximum Gasteiger partial charge on any atom is 0.187 e. The number of halogens is 2. The van der Waals surface area contributed by atoms with Crippen LogP contribution in [0.15, 0.2) is 0 Å². The van der Waals surface area contributed by atoms with Crippen LogP contribution >= 0.6 is 34.5 Å². The van der Waals surface area contributed by atoms with Crippen LogP contribution in [0.25, 0.3) is 0 Å². The highest BCUT2D eigenvalue weighted by Gasteiger charge is 2.29. The zero-order chi connectivity index (χ0) is 11.7. The van der Waals surface area contributed by atoms with Gasteiger partial charge in [-0.3, -0.25) is 0 Å². The molecule has 0 N–H and O–H groups in total. The van der Waals surface area contributed by atoms with Crippen LogP contribution in [0.1, 0.15) is 31.6 Å². The van der Waals surface area contributed by atoms with Crippen LogP contribution < -0.4 is 4.90 Å². The molecule has 1 saturated heterocycles. The first-order valence-electron chi connectivity index (χ1n) is 5.61. The summed E-state index contributed by atoms with van der Waals surface area (Å²) in [7, 11) is 0. The average molecular weight is 279 g/mol. The lowest BCUT2D eigenvalue weighted by atomic mass is 10.0. The van der Waals surface area contributed by atoms with Crippen LogP contribution in [0.2, 0.25) is 5.15 Å². The molecule has 2 heterocycles. The van der Waals surface area contributed by atoms with E-state index < -0.39 is 0 Å². The molecule has 5 heteroatoms. The molecule has 2 nitrogen and oxygen atoms in total. The van der Waals surface area contributed by atoms with Crippen LogP contribution in [0.3, 0.4) is 0 Å². The molecule has 1 aliphatic heterocycles. The number of aromatic nitrogens is 1. The minimum Gasteiger partial charge on any atom is -0.345 e. The van der Waals surface area contributed by atoms with Gasteiger partial charge in [-0.2, -0.15) is 0 Å². The Morgan fingerprint density at radius 1 is 1.56 bits per heavy atom. The quantitative estimate of drug-likeness (QED) is 0.772. The maximum atomic E-state index is 6.04. The highest BCUT2D eigenvalue weighted by atomic mass is 35.5. The highest BCUT2D eigenvalue weighted by Crippen LogP contribution is 2.36. The first-order valence-corrected chi connectivity index (χ1v) is 7.34. The fourth-order valence-electron chi connectivity index (χ4n) is 2.25. The van der Waals surface area contributed by atoms with Gasteiger partial charge in [0.1, 0.15) is 5.15 Å². The minimum absolute atomic E-state index is 0.455. The van der Waals surface area contributed by atoms with Crippen molar-refractivity contribution in [1.29, 1.82) is 0 Å². The van der Waals surface area contributed by atoms with Gasteiger partial charge in [-0.05, 0) is 18.8 Å². The van der Waals surface area contributed by atoms with Gasteiger partial charge in [-0.25, -0.2) is 4.98 Å². The molecule has 90 valence electrons. The van der Waals surface area contributed by atoms with Crippen molar-refractivity contribution in [2.75, 3.05) is 11.4 Å². The van der Waals surface area contributed by atoms with Crippen molar-refractivity contribution >= 4 is 39.7 Å². The van der Waals surface area contributed by atoms with E-state index in [0.717, 1.165) is 16.6 Å². The van der Waals surface area contributed by atoms with E-state index in [4.69, 9.17) is 23.2 Å². The van der Waals surface area contributed by atoms with Crippen LogP contribution in [0.5, 0.6) is 0 Å². The van der Waals surface area contributed by atoms with Gasteiger partial charge in [-0.1, -0.05) is 36.8 Å². The Morgan fingerprint density at radius 3 is 2.88 bits per heavy atom. The molecule has 0 saturated carbocycles. The Hall–Kier alpha value is 0.01000. The smallest absolute Gasteiger partial charge is 0.187 e. The average Bonchev–Trinajstić information content (AvgIpc) is 2.82. The van der Waals surface area contributed by atoms with Gasteiger partial charge in [0.25, 0.3) is 0 Å². The standard InChI is InChI=1S/C11H16Cl2N2S/c1-7(2)8-4-3-5-15(8)11-14-10(13)9(6-12)16-11/h7-8H,3-6H2,1-2H3. The number of nitrogens with zero attached hydrogens (tertiary/aromatic N) is 2. The van der Waals surface area contributed by atoms with Gasteiger partial charge in [0.2, 0.25) is 0 Å². The highest BCUT2D eigenvalue weighted by molar-refractivity contribution is 7.16. The summed E-state index contributed by atoms with van der Waals surface area (Å²) in [4.78, 5) is 7.79. The molecule has 1 aromatic rings. The van der Waals surface area contributed by atoms with Crippen molar-refractivity contribution in [1.82, 2.24) is 4.98 Å². The van der Waals surface area contributed by atoms with Crippen molar-refractivity contribution in [3.05, 3.63) is 10.0 Å². The summed E-state index contributed by atoms with van der Waals surface area (Å²) in [5, 5.41) is 1.61. The lowest BCUT2D eigenvalue weighted by Gasteiger charge is -2.26. The van der Waals surface area contributed by atoms with E-state index in [-0.39, 0.29) is 0 Å². The fraction of sp³-hybridized carbons (Fsp3) is 0.727. The van der Waals surface area contributed by atoms with Crippen LogP contribution in [0.4, 0.5) is 5.13 Å². The van der Waals surface area contributed by atoms with Crippen molar-refractivity contribution in [2.45, 2.75) is 38.6 Å². The van der Waals surface area contributed by atoms with Crippen LogP contribution in [-0.2, 0) is 5.88 Å². The number of rotatable bonds is 3. The second-order valence-electron chi connectivity index (χ2n) is 4.49. The van der Waals surface area contributed by atoms with Gasteiger partial charge < -0.3 is 4.90 Å². The predicted molar refractivity (Wildman–Crippen MR) is 71.9 cm³/mol. The number of thiazole rings is 1. The van der Waals surface area contributed by atoms with E-state index >= 15 is 0 Å². The molecular weight excluding hydrogens is 263 g/mol. The van der Waals surface area contributed by atoms with Crippen molar-refractivity contribution in [3.8, 4) is 0 Å². The third-order valence-electron chi connectivity index (χ3n) is 3.07. The second kappa shape index (κ2) is 5.11. The first-order chi connectivity index (χ1) is 7.63. The molecule has 1 aromatic heterocycles. The van der Waals surface area contributed by atoms with E-state index in [0.29, 0.717) is 23.0 Å². The molecule has 0 aliphatic carbocycles. The van der Waals surface area contributed by atoms with Crippen molar-refractivity contribution < 1.29 is 0 Å². The van der Waals surface area contributed by atoms with Gasteiger partial charge in [0.15, 0.2) is 5.13 Å². The van der Waals surface area contributed by atoms with Crippen molar-refractivity contribution in [3.63, 3.8) is 0 Å². The maximum absolute atomic E-state index is 6.04. The number of anilines is 1. The minimum atomic E-state index is 0.455. The van der Waals surface area contributed by atoms with Crippen LogP contribution in [0, 0.1) is 5.92 Å². The monoisotopic (exact) mass is 278 g/mol. The number of hydrogen-bond acceptors (Lipinski definition) is 3. The Balaban J connectivity index is 2.22. The molecule has 1 atom stereocenters. The zero-order valence-corrected chi connectivity index (χ0v) is 11.9. The van der Waals surface area contributed by atoms with Gasteiger partial charge in [0.05, 0.1) is 10.8 Å². The molecule has 0 amide bonds. The van der Waals surface area contributed by atoms with E-state index in [1.54, 1.807) is 11.3 Å². The van der Waals surface area contributed by atoms with E-state index in [1.807, 2.05) is 0 Å². The topological polar surface area (TPSA) is 16.1 Å². The zero-order valence-electron chi connectivity index (χ0n) is 9.54. The molecule has 16 heavy (non-hydrogen) atoms. The third-order valence-corrected chi connectivity index (χ3v) is 5.02. The van der Waals surface area contributed by atoms with Gasteiger partial charge in [0, 0.05) is 12.6 Å². The number of hydrogen-bond donors (Lipinski definition) is 0. The second-order valence-corrected chi connectivity index (χ2v) is 6.18. The summed E-state index contributed by atoms with van der Waals surface area (Å²) < 4.78 is 0. The largest absolute Gasteiger partial charge is 0.345 e. The molecule has 1 fully saturated rings. The summed E-state index contributed by atoms with van der Waals surface area (Å²) in [6.45, 7) is 5.62. The molecule has 0 bridgehead atoms. The normalized spacial score (nSPS) is 21.1. The summed E-state index contributed by atoms with van der Waals surface area (Å²) in [6, 6.07) is 0.602. The summed E-state index contributed by atoms with van der Waals surface area (Å²) in [5.41, 5.74) is 0. The Bertz CT molecular complexity index is 365. The predicted octanol–water partition coefficient (Wildman–Crippen LogP) is 4.16. The molecule has 0 aromatic carbocycles. The number of alkyl halides is 1. The molecule has 1 aliphatic rings. The Labute approximate surface area is 111 Å².